The van der Waals surface area contributed by atoms with E-state index in [0.29, 0.717) is 13.0 Å². The van der Waals surface area contributed by atoms with Crippen LogP contribution in [-0.4, -0.2) is 69.7 Å². The van der Waals surface area contributed by atoms with Crippen LogP contribution in [0.3, 0.4) is 0 Å². The Kier molecular flexibility index (Phi) is 10.9. The zero-order valence-electron chi connectivity index (χ0n) is 15.4. The summed E-state index contributed by atoms with van der Waals surface area (Å²) in [6.45, 7) is 0.363. The van der Waals surface area contributed by atoms with Gasteiger partial charge in [-0.25, -0.2) is 8.42 Å². The van der Waals surface area contributed by atoms with Crippen molar-refractivity contribution in [3.63, 3.8) is 0 Å². The molecule has 2 rings (SSSR count). The number of thiophene rings is 1. The summed E-state index contributed by atoms with van der Waals surface area (Å²) in [4.78, 5) is 12.8. The molecule has 0 aliphatic heterocycles. The number of hydrogen-bond donors (Lipinski definition) is 3. The first kappa shape index (κ1) is 25.6. The summed E-state index contributed by atoms with van der Waals surface area (Å²) in [5.41, 5.74) is 0.735. The molecule has 1 amide bonds. The summed E-state index contributed by atoms with van der Waals surface area (Å²) in [5.74, 6) is -0.00568. The molecule has 0 bridgehead atoms. The molecule has 0 radical (unpaired) electrons. The van der Waals surface area contributed by atoms with Gasteiger partial charge in [-0.1, -0.05) is 12.1 Å². The Morgan fingerprint density at radius 1 is 1.31 bits per heavy atom. The van der Waals surface area contributed by atoms with Crippen molar-refractivity contribution in [1.82, 2.24) is 15.4 Å². The third-order valence-electron chi connectivity index (χ3n) is 3.63. The van der Waals surface area contributed by atoms with Gasteiger partial charge in [0.1, 0.15) is 10.6 Å². The number of rotatable bonds is 8. The van der Waals surface area contributed by atoms with Gasteiger partial charge >= 0.3 is 29.6 Å². The van der Waals surface area contributed by atoms with E-state index in [-0.39, 0.29) is 51.2 Å². The minimum atomic E-state index is -3.89. The summed E-state index contributed by atoms with van der Waals surface area (Å²) in [6, 6.07) is 8.66. The second-order valence-corrected chi connectivity index (χ2v) is 8.60. The molecule has 0 saturated heterocycles. The van der Waals surface area contributed by atoms with Crippen LogP contribution < -0.4 is 20.1 Å². The molecule has 0 saturated carbocycles. The minimum absolute atomic E-state index is 0. The first-order chi connectivity index (χ1) is 13.4. The summed E-state index contributed by atoms with van der Waals surface area (Å²) in [6.07, 6.45) is 3.67. The SMILES string of the molecule is CNC(=S)NS(=O)(=O)c1cc(CCNC(=O)/C=C/c2cccs2)ccc1OC.[NaH]. The Morgan fingerprint density at radius 2 is 2.07 bits per heavy atom. The Hall–Kier alpha value is -1.43. The fourth-order valence-corrected chi connectivity index (χ4v) is 4.37. The number of ether oxygens (including phenoxy) is 1. The predicted octanol–water partition coefficient (Wildman–Crippen LogP) is 1.26. The van der Waals surface area contributed by atoms with Crippen LogP contribution in [-0.2, 0) is 21.2 Å². The zero-order valence-corrected chi connectivity index (χ0v) is 17.8. The van der Waals surface area contributed by atoms with E-state index in [9.17, 15) is 13.2 Å². The summed E-state index contributed by atoms with van der Waals surface area (Å²) < 4.78 is 32.4. The van der Waals surface area contributed by atoms with Gasteiger partial charge in [0.05, 0.1) is 7.11 Å². The molecule has 0 aliphatic rings. The number of sulfonamides is 1. The van der Waals surface area contributed by atoms with Crippen LogP contribution in [0.4, 0.5) is 0 Å². The molecule has 0 fully saturated rings. The first-order valence-corrected chi connectivity index (χ1v) is 11.0. The summed E-state index contributed by atoms with van der Waals surface area (Å²) in [5, 5.41) is 7.25. The predicted molar refractivity (Wildman–Crippen MR) is 122 cm³/mol. The zero-order chi connectivity index (χ0) is 20.6. The number of methoxy groups -OCH3 is 1. The van der Waals surface area contributed by atoms with Crippen LogP contribution in [0.2, 0.25) is 0 Å². The molecule has 1 aromatic heterocycles. The molecule has 11 heteroatoms. The van der Waals surface area contributed by atoms with Gasteiger partial charge in [-0.05, 0) is 53.9 Å². The molecule has 3 N–H and O–H groups in total. The fourth-order valence-electron chi connectivity index (χ4n) is 2.25. The van der Waals surface area contributed by atoms with Crippen LogP contribution >= 0.6 is 23.6 Å². The third kappa shape index (κ3) is 8.07. The molecular weight excluding hydrogens is 441 g/mol. The van der Waals surface area contributed by atoms with Crippen LogP contribution in [0.1, 0.15) is 10.4 Å². The number of thiocarbonyl (C=S) groups is 1. The molecule has 0 unspecified atom stereocenters. The molecule has 29 heavy (non-hydrogen) atoms. The van der Waals surface area contributed by atoms with Crippen molar-refractivity contribution in [3.05, 3.63) is 52.2 Å². The molecule has 7 nitrogen and oxygen atoms in total. The molecule has 152 valence electrons. The molecule has 0 spiro atoms. The van der Waals surface area contributed by atoms with Crippen molar-refractivity contribution in [2.75, 3.05) is 20.7 Å². The average molecular weight is 464 g/mol. The van der Waals surface area contributed by atoms with Crippen molar-refractivity contribution in [2.45, 2.75) is 11.3 Å². The molecule has 1 heterocycles. The standard InChI is InChI=1S/C18H21N3O4S3.Na.H/c1-19-18(26)21-28(23,24)16-12-13(5-7-15(16)25-2)9-10-20-17(22)8-6-14-4-3-11-27-14;;/h3-8,11-12H,9-10H2,1-2H3,(H,20,22)(H2,19,21,26);;/b8-6+;;. The Labute approximate surface area is 202 Å². The van der Waals surface area contributed by atoms with E-state index in [1.54, 1.807) is 29.5 Å². The van der Waals surface area contributed by atoms with Crippen molar-refractivity contribution < 1.29 is 17.9 Å². The van der Waals surface area contributed by atoms with Gasteiger partial charge in [-0.2, -0.15) is 0 Å². The topological polar surface area (TPSA) is 96.5 Å². The van der Waals surface area contributed by atoms with Gasteiger partial charge in [0.2, 0.25) is 5.91 Å². The maximum atomic E-state index is 12.5. The Balaban J connectivity index is 0.00000420. The van der Waals surface area contributed by atoms with Crippen molar-refractivity contribution in [2.24, 2.45) is 0 Å². The third-order valence-corrected chi connectivity index (χ3v) is 6.27. The van der Waals surface area contributed by atoms with Gasteiger partial charge in [0, 0.05) is 24.5 Å². The average Bonchev–Trinajstić information content (AvgIpc) is 3.19. The van der Waals surface area contributed by atoms with Crippen LogP contribution in [0.15, 0.2) is 46.7 Å². The maximum absolute atomic E-state index is 12.5. The molecule has 0 atom stereocenters. The van der Waals surface area contributed by atoms with E-state index in [4.69, 9.17) is 17.0 Å². The van der Waals surface area contributed by atoms with Gasteiger partial charge in [-0.3, -0.25) is 9.52 Å². The molecular formula is C18H22N3NaO4S3. The molecule has 0 aliphatic carbocycles. The Bertz CT molecular complexity index is 961. The quantitative estimate of drug-likeness (QED) is 0.310. The normalized spacial score (nSPS) is 10.8. The second-order valence-electron chi connectivity index (χ2n) is 5.56. The van der Waals surface area contributed by atoms with Crippen LogP contribution in [0, 0.1) is 0 Å². The van der Waals surface area contributed by atoms with E-state index in [1.165, 1.54) is 26.3 Å². The van der Waals surface area contributed by atoms with E-state index in [0.717, 1.165) is 10.4 Å². The van der Waals surface area contributed by atoms with Crippen molar-refractivity contribution in [3.8, 4) is 5.75 Å². The molecule has 1 aromatic carbocycles. The van der Waals surface area contributed by atoms with E-state index >= 15 is 0 Å². The first-order valence-electron chi connectivity index (χ1n) is 8.26. The molecule has 2 aromatic rings. The van der Waals surface area contributed by atoms with Gasteiger partial charge in [0.15, 0.2) is 5.11 Å². The van der Waals surface area contributed by atoms with Crippen molar-refractivity contribution >= 4 is 80.2 Å². The summed E-state index contributed by atoms with van der Waals surface area (Å²) in [7, 11) is -0.973. The fraction of sp³-hybridized carbons (Fsp3) is 0.222. The van der Waals surface area contributed by atoms with Gasteiger partial charge in [0.25, 0.3) is 10.0 Å². The number of hydrogen-bond acceptors (Lipinski definition) is 6. The monoisotopic (exact) mass is 463 g/mol. The van der Waals surface area contributed by atoms with Crippen LogP contribution in [0.5, 0.6) is 5.75 Å². The van der Waals surface area contributed by atoms with Crippen LogP contribution in [0.25, 0.3) is 6.08 Å². The van der Waals surface area contributed by atoms with Gasteiger partial charge in [-0.15, -0.1) is 11.3 Å². The van der Waals surface area contributed by atoms with E-state index in [1.807, 2.05) is 17.5 Å². The number of carbonyl (C=O) groups is 1. The summed E-state index contributed by atoms with van der Waals surface area (Å²) >= 11 is 6.42. The number of benzene rings is 1. The number of amides is 1. The van der Waals surface area contributed by atoms with E-state index < -0.39 is 10.0 Å². The number of carbonyl (C=O) groups excluding carboxylic acids is 1. The van der Waals surface area contributed by atoms with Gasteiger partial charge < -0.3 is 15.4 Å². The van der Waals surface area contributed by atoms with Crippen molar-refractivity contribution in [1.29, 1.82) is 0 Å². The second kappa shape index (κ2) is 12.3. The van der Waals surface area contributed by atoms with E-state index in [2.05, 4.69) is 15.4 Å². The number of nitrogens with one attached hydrogen (secondary N) is 3. The Morgan fingerprint density at radius 3 is 2.69 bits per heavy atom.